The lowest BCUT2D eigenvalue weighted by Gasteiger charge is -2.14. The third kappa shape index (κ3) is 4.39. The molecular formula is C20H16F4N2O5. The van der Waals surface area contributed by atoms with Crippen LogP contribution >= 0.6 is 0 Å². The van der Waals surface area contributed by atoms with Gasteiger partial charge in [0.15, 0.2) is 5.76 Å². The lowest BCUT2D eigenvalue weighted by Crippen LogP contribution is -2.16. The number of rotatable bonds is 7. The number of hydrogen-bond acceptors (Lipinski definition) is 6. The Morgan fingerprint density at radius 3 is 2.06 bits per heavy atom. The number of halogens is 4. The van der Waals surface area contributed by atoms with Crippen LogP contribution in [-0.2, 0) is 6.42 Å². The highest BCUT2D eigenvalue weighted by Crippen LogP contribution is 2.36. The van der Waals surface area contributed by atoms with Crippen LogP contribution in [0.15, 0.2) is 28.7 Å². The number of carbonyl (C=O) groups excluding carboxylic acids is 1. The summed E-state index contributed by atoms with van der Waals surface area (Å²) in [5, 5.41) is 1.75. The molecule has 0 aliphatic rings. The Morgan fingerprint density at radius 1 is 0.968 bits per heavy atom. The number of nitrogens with zero attached hydrogens (tertiary/aromatic N) is 1. The van der Waals surface area contributed by atoms with Crippen LogP contribution in [0, 0.1) is 23.5 Å². The molecule has 0 spiro atoms. The fourth-order valence-electron chi connectivity index (χ4n) is 2.79. The molecule has 0 saturated heterocycles. The second-order valence-corrected chi connectivity index (χ2v) is 6.10. The van der Waals surface area contributed by atoms with Crippen molar-refractivity contribution in [2.75, 3.05) is 26.6 Å². The normalized spacial score (nSPS) is 10.7. The Kier molecular flexibility index (Phi) is 6.33. The zero-order valence-corrected chi connectivity index (χ0v) is 16.5. The van der Waals surface area contributed by atoms with Crippen molar-refractivity contribution in [2.45, 2.75) is 6.42 Å². The molecule has 0 fully saturated rings. The van der Waals surface area contributed by atoms with Gasteiger partial charge in [0, 0.05) is 24.1 Å². The SMILES string of the molecule is COc1cc(OC)c(Cc2ccc(C(=O)Nc3c(F)c(F)nc(F)c3F)o2)c(OC)c1. The second-order valence-electron chi connectivity index (χ2n) is 6.10. The molecule has 0 atom stereocenters. The predicted molar refractivity (Wildman–Crippen MR) is 99.6 cm³/mol. The van der Waals surface area contributed by atoms with Crippen molar-refractivity contribution in [1.82, 2.24) is 4.98 Å². The van der Waals surface area contributed by atoms with Crippen LogP contribution in [-0.4, -0.2) is 32.2 Å². The maximum atomic E-state index is 13.7. The molecule has 0 aliphatic heterocycles. The van der Waals surface area contributed by atoms with Crippen molar-refractivity contribution in [3.8, 4) is 17.2 Å². The third-order valence-electron chi connectivity index (χ3n) is 4.29. The number of pyridine rings is 1. The molecule has 3 aromatic rings. The Bertz CT molecular complexity index is 1080. The van der Waals surface area contributed by atoms with Gasteiger partial charge in [-0.15, -0.1) is 0 Å². The highest BCUT2D eigenvalue weighted by Gasteiger charge is 2.24. The van der Waals surface area contributed by atoms with E-state index in [-0.39, 0.29) is 17.9 Å². The van der Waals surface area contributed by atoms with E-state index < -0.39 is 35.1 Å². The molecular weight excluding hydrogens is 424 g/mol. The molecule has 1 aromatic carbocycles. The first-order valence-electron chi connectivity index (χ1n) is 8.68. The van der Waals surface area contributed by atoms with Gasteiger partial charge in [-0.25, -0.2) is 0 Å². The first-order chi connectivity index (χ1) is 14.8. The number of methoxy groups -OCH3 is 3. The molecule has 0 radical (unpaired) electrons. The van der Waals surface area contributed by atoms with Crippen molar-refractivity contribution in [3.63, 3.8) is 0 Å². The van der Waals surface area contributed by atoms with Crippen molar-refractivity contribution in [2.24, 2.45) is 0 Å². The number of hydrogen-bond donors (Lipinski definition) is 1. The van der Waals surface area contributed by atoms with Crippen LogP contribution < -0.4 is 19.5 Å². The fraction of sp³-hybridized carbons (Fsp3) is 0.200. The Morgan fingerprint density at radius 2 is 1.55 bits per heavy atom. The van der Waals surface area contributed by atoms with Crippen molar-refractivity contribution < 1.29 is 41.0 Å². The number of aromatic nitrogens is 1. The van der Waals surface area contributed by atoms with E-state index in [4.69, 9.17) is 18.6 Å². The average Bonchev–Trinajstić information content (AvgIpc) is 3.24. The second kappa shape index (κ2) is 8.94. The number of amides is 1. The first-order valence-corrected chi connectivity index (χ1v) is 8.68. The standard InChI is InChI=1S/C20H16F4N2O5/c1-28-10-7-13(29-2)11(14(8-10)30-3)6-9-4-5-12(31-9)20(27)25-17-15(21)18(23)26-19(24)16(17)22/h4-5,7-8H,6H2,1-3H3,(H,25,26,27). The summed E-state index contributed by atoms with van der Waals surface area (Å²) >= 11 is 0. The minimum Gasteiger partial charge on any atom is -0.496 e. The lowest BCUT2D eigenvalue weighted by atomic mass is 10.1. The van der Waals surface area contributed by atoms with Crippen LogP contribution in [0.3, 0.4) is 0 Å². The van der Waals surface area contributed by atoms with Crippen molar-refractivity contribution >= 4 is 11.6 Å². The van der Waals surface area contributed by atoms with Crippen LogP contribution in [0.25, 0.3) is 0 Å². The zero-order valence-electron chi connectivity index (χ0n) is 16.5. The summed E-state index contributed by atoms with van der Waals surface area (Å²) in [5.74, 6) is -7.30. The van der Waals surface area contributed by atoms with Crippen LogP contribution in [0.1, 0.15) is 21.9 Å². The maximum absolute atomic E-state index is 13.7. The lowest BCUT2D eigenvalue weighted by molar-refractivity contribution is 0.0994. The summed E-state index contributed by atoms with van der Waals surface area (Å²) in [5.41, 5.74) is -0.728. The molecule has 11 heteroatoms. The predicted octanol–water partition coefficient (Wildman–Crippen LogP) is 4.10. The highest BCUT2D eigenvalue weighted by molar-refractivity contribution is 6.02. The van der Waals surface area contributed by atoms with Crippen molar-refractivity contribution in [1.29, 1.82) is 0 Å². The van der Waals surface area contributed by atoms with Crippen LogP contribution in [0.5, 0.6) is 17.2 Å². The number of benzene rings is 1. The van der Waals surface area contributed by atoms with Crippen LogP contribution in [0.2, 0.25) is 0 Å². The smallest absolute Gasteiger partial charge is 0.291 e. The molecule has 2 heterocycles. The van der Waals surface area contributed by atoms with Gasteiger partial charge in [0.05, 0.1) is 21.3 Å². The van der Waals surface area contributed by atoms with E-state index >= 15 is 0 Å². The molecule has 1 amide bonds. The summed E-state index contributed by atoms with van der Waals surface area (Å²) in [6, 6.07) is 5.94. The Labute approximate surface area is 173 Å². The average molecular weight is 440 g/mol. The molecule has 0 bridgehead atoms. The van der Waals surface area contributed by atoms with Gasteiger partial charge in [0.25, 0.3) is 17.8 Å². The van der Waals surface area contributed by atoms with E-state index in [9.17, 15) is 22.4 Å². The summed E-state index contributed by atoms with van der Waals surface area (Å²) in [4.78, 5) is 14.7. The third-order valence-corrected chi connectivity index (χ3v) is 4.29. The molecule has 7 nitrogen and oxygen atoms in total. The van der Waals surface area contributed by atoms with Gasteiger partial charge in [0.1, 0.15) is 28.7 Å². The largest absolute Gasteiger partial charge is 0.496 e. The fourth-order valence-corrected chi connectivity index (χ4v) is 2.79. The van der Waals surface area contributed by atoms with Gasteiger partial charge in [-0.1, -0.05) is 0 Å². The summed E-state index contributed by atoms with van der Waals surface area (Å²) in [7, 11) is 4.39. The molecule has 0 unspecified atom stereocenters. The van der Waals surface area contributed by atoms with Crippen LogP contribution in [0.4, 0.5) is 23.2 Å². The number of anilines is 1. The Balaban J connectivity index is 1.86. The van der Waals surface area contributed by atoms with Gasteiger partial charge in [-0.3, -0.25) is 4.79 Å². The molecule has 31 heavy (non-hydrogen) atoms. The van der Waals surface area contributed by atoms with E-state index in [0.29, 0.717) is 22.8 Å². The highest BCUT2D eigenvalue weighted by atomic mass is 19.2. The number of ether oxygens (including phenoxy) is 3. The zero-order chi connectivity index (χ0) is 22.7. The molecule has 2 aromatic heterocycles. The monoisotopic (exact) mass is 440 g/mol. The van der Waals surface area contributed by atoms with E-state index in [1.165, 1.54) is 33.5 Å². The number of furan rings is 1. The number of carbonyl (C=O) groups is 1. The Hall–Kier alpha value is -3.76. The molecule has 0 saturated carbocycles. The summed E-state index contributed by atoms with van der Waals surface area (Å²) < 4.78 is 75.1. The van der Waals surface area contributed by atoms with E-state index in [0.717, 1.165) is 0 Å². The van der Waals surface area contributed by atoms with Gasteiger partial charge < -0.3 is 23.9 Å². The maximum Gasteiger partial charge on any atom is 0.291 e. The van der Waals surface area contributed by atoms with E-state index in [1.54, 1.807) is 17.4 Å². The topological polar surface area (TPSA) is 82.8 Å². The minimum absolute atomic E-state index is 0.130. The molecule has 3 rings (SSSR count). The number of nitrogens with one attached hydrogen (secondary N) is 1. The van der Waals surface area contributed by atoms with Gasteiger partial charge in [-0.05, 0) is 12.1 Å². The van der Waals surface area contributed by atoms with Gasteiger partial charge in [0.2, 0.25) is 11.6 Å². The quantitative estimate of drug-likeness (QED) is 0.440. The molecule has 1 N–H and O–H groups in total. The van der Waals surface area contributed by atoms with E-state index in [2.05, 4.69) is 4.98 Å². The van der Waals surface area contributed by atoms with Gasteiger partial charge in [-0.2, -0.15) is 22.5 Å². The molecule has 0 aliphatic carbocycles. The summed E-state index contributed by atoms with van der Waals surface area (Å²) in [6.45, 7) is 0. The van der Waals surface area contributed by atoms with E-state index in [1.807, 2.05) is 0 Å². The molecule has 164 valence electrons. The first kappa shape index (κ1) is 21.9. The van der Waals surface area contributed by atoms with Gasteiger partial charge >= 0.3 is 0 Å². The minimum atomic E-state index is -1.90. The van der Waals surface area contributed by atoms with Crippen molar-refractivity contribution in [3.05, 3.63) is 64.9 Å². The summed E-state index contributed by atoms with van der Waals surface area (Å²) in [6.07, 6.45) is 0.130.